The fourth-order valence-corrected chi connectivity index (χ4v) is 1.63. The summed E-state index contributed by atoms with van der Waals surface area (Å²) in [6, 6.07) is 3.27. The van der Waals surface area contributed by atoms with Gasteiger partial charge in [-0.05, 0) is 12.1 Å². The zero-order valence-corrected chi connectivity index (χ0v) is 8.34. The van der Waals surface area contributed by atoms with Crippen molar-refractivity contribution in [1.29, 1.82) is 0 Å². The van der Waals surface area contributed by atoms with Crippen molar-refractivity contribution in [3.63, 3.8) is 0 Å². The third-order valence-corrected chi connectivity index (χ3v) is 2.40. The molecule has 0 radical (unpaired) electrons. The molecule has 5 heteroatoms. The number of fused-ring (bicyclic) bond motifs is 1. The minimum atomic E-state index is -0.112. The van der Waals surface area contributed by atoms with E-state index >= 15 is 0 Å². The molecule has 1 amide bonds. The van der Waals surface area contributed by atoms with Gasteiger partial charge in [0.05, 0.1) is 10.7 Å². The number of anilines is 2. The number of nitrogen functional groups attached to an aromatic ring is 1. The predicted octanol–water partition coefficient (Wildman–Crippen LogP) is 1.28. The highest BCUT2D eigenvalue weighted by Crippen LogP contribution is 2.39. The van der Waals surface area contributed by atoms with E-state index in [0.717, 1.165) is 0 Å². The minimum Gasteiger partial charge on any atom is -0.480 e. The molecule has 0 unspecified atom stereocenters. The molecule has 4 nitrogen and oxygen atoms in total. The van der Waals surface area contributed by atoms with E-state index in [4.69, 9.17) is 22.1 Å². The lowest BCUT2D eigenvalue weighted by atomic mass is 10.2. The quantitative estimate of drug-likeness (QED) is 0.659. The smallest absolute Gasteiger partial charge is 0.264 e. The molecule has 14 heavy (non-hydrogen) atoms. The molecule has 2 N–H and O–H groups in total. The van der Waals surface area contributed by atoms with Gasteiger partial charge in [0, 0.05) is 12.7 Å². The molecular formula is C9H9ClN2O2. The maximum Gasteiger partial charge on any atom is 0.264 e. The van der Waals surface area contributed by atoms with E-state index in [9.17, 15) is 4.79 Å². The van der Waals surface area contributed by atoms with Gasteiger partial charge in [0.25, 0.3) is 5.91 Å². The topological polar surface area (TPSA) is 55.6 Å². The largest absolute Gasteiger partial charge is 0.480 e. The van der Waals surface area contributed by atoms with Crippen LogP contribution in [-0.4, -0.2) is 19.6 Å². The number of carbonyl (C=O) groups excluding carboxylic acids is 1. The third kappa shape index (κ3) is 1.28. The maximum absolute atomic E-state index is 11.3. The number of ether oxygens (including phenoxy) is 1. The molecule has 0 saturated carbocycles. The van der Waals surface area contributed by atoms with Gasteiger partial charge in [-0.2, -0.15) is 0 Å². The van der Waals surface area contributed by atoms with Crippen molar-refractivity contribution in [2.24, 2.45) is 0 Å². The van der Waals surface area contributed by atoms with Crippen molar-refractivity contribution in [1.82, 2.24) is 0 Å². The van der Waals surface area contributed by atoms with Crippen LogP contribution in [0, 0.1) is 0 Å². The Kier molecular flexibility index (Phi) is 2.00. The highest BCUT2D eigenvalue weighted by Gasteiger charge is 2.24. The number of likely N-dealkylation sites (N-methyl/N-ethyl adjacent to an activating group) is 1. The Hall–Kier alpha value is -1.42. The Bertz CT molecular complexity index is 406. The highest BCUT2D eigenvalue weighted by molar-refractivity contribution is 6.33. The molecule has 1 aliphatic rings. The van der Waals surface area contributed by atoms with Crippen molar-refractivity contribution in [2.75, 3.05) is 24.3 Å². The first kappa shape index (κ1) is 9.15. The fourth-order valence-electron chi connectivity index (χ4n) is 1.36. The molecule has 1 aromatic carbocycles. The number of halogens is 1. The average molecular weight is 213 g/mol. The van der Waals surface area contributed by atoms with Crippen LogP contribution in [0.5, 0.6) is 5.75 Å². The number of hydrogen-bond donors (Lipinski definition) is 1. The third-order valence-electron chi connectivity index (χ3n) is 2.12. The Morgan fingerprint density at radius 3 is 3.00 bits per heavy atom. The van der Waals surface area contributed by atoms with Crippen molar-refractivity contribution in [3.8, 4) is 5.75 Å². The number of nitrogens with two attached hydrogens (primary N) is 1. The van der Waals surface area contributed by atoms with Crippen LogP contribution in [0.25, 0.3) is 0 Å². The molecule has 74 valence electrons. The summed E-state index contributed by atoms with van der Waals surface area (Å²) in [4.78, 5) is 12.8. The summed E-state index contributed by atoms with van der Waals surface area (Å²) < 4.78 is 5.21. The number of rotatable bonds is 0. The van der Waals surface area contributed by atoms with Crippen LogP contribution in [0.4, 0.5) is 11.4 Å². The van der Waals surface area contributed by atoms with Crippen LogP contribution in [-0.2, 0) is 4.79 Å². The Balaban J connectivity index is 2.59. The summed E-state index contributed by atoms with van der Waals surface area (Å²) in [5.41, 5.74) is 6.74. The molecule has 1 heterocycles. The lowest BCUT2D eigenvalue weighted by molar-refractivity contribution is -0.120. The lowest BCUT2D eigenvalue weighted by Gasteiger charge is -2.26. The maximum atomic E-state index is 11.3. The molecule has 1 aromatic rings. The van der Waals surface area contributed by atoms with Gasteiger partial charge in [0.1, 0.15) is 0 Å². The first-order valence-electron chi connectivity index (χ1n) is 4.08. The highest BCUT2D eigenvalue weighted by atomic mass is 35.5. The number of hydrogen-bond acceptors (Lipinski definition) is 3. The molecule has 0 bridgehead atoms. The van der Waals surface area contributed by atoms with E-state index in [2.05, 4.69) is 0 Å². The van der Waals surface area contributed by atoms with Crippen molar-refractivity contribution in [2.45, 2.75) is 0 Å². The van der Waals surface area contributed by atoms with E-state index in [-0.39, 0.29) is 12.5 Å². The van der Waals surface area contributed by atoms with E-state index in [1.807, 2.05) is 0 Å². The summed E-state index contributed by atoms with van der Waals surface area (Å²) in [5, 5.41) is 0.430. The van der Waals surface area contributed by atoms with Crippen LogP contribution < -0.4 is 15.4 Å². The number of carbonyl (C=O) groups is 1. The molecular weight excluding hydrogens is 204 g/mol. The van der Waals surface area contributed by atoms with Crippen molar-refractivity contribution >= 4 is 28.9 Å². The average Bonchev–Trinajstić information content (AvgIpc) is 2.12. The van der Waals surface area contributed by atoms with Crippen molar-refractivity contribution < 1.29 is 9.53 Å². The molecule has 0 aromatic heterocycles. The van der Waals surface area contributed by atoms with Crippen LogP contribution in [0.3, 0.4) is 0 Å². The molecule has 0 atom stereocenters. The van der Waals surface area contributed by atoms with Crippen LogP contribution >= 0.6 is 11.6 Å². The molecule has 0 saturated heterocycles. The van der Waals surface area contributed by atoms with Crippen LogP contribution in [0.15, 0.2) is 12.1 Å². The van der Waals surface area contributed by atoms with Gasteiger partial charge in [-0.25, -0.2) is 0 Å². The monoisotopic (exact) mass is 212 g/mol. The summed E-state index contributed by atoms with van der Waals surface area (Å²) in [7, 11) is 1.67. The second kappa shape index (κ2) is 3.06. The molecule has 0 spiro atoms. The molecule has 0 fully saturated rings. The van der Waals surface area contributed by atoms with Gasteiger partial charge in [-0.1, -0.05) is 11.6 Å². The Morgan fingerprint density at radius 1 is 1.57 bits per heavy atom. The molecule has 0 aliphatic carbocycles. The Morgan fingerprint density at radius 2 is 2.29 bits per heavy atom. The molecule has 1 aliphatic heterocycles. The van der Waals surface area contributed by atoms with Gasteiger partial charge < -0.3 is 15.4 Å². The Labute approximate surface area is 86.2 Å². The summed E-state index contributed by atoms with van der Waals surface area (Å²) in [5.74, 6) is 0.405. The van der Waals surface area contributed by atoms with Crippen molar-refractivity contribution in [3.05, 3.63) is 17.2 Å². The lowest BCUT2D eigenvalue weighted by Crippen LogP contribution is -2.35. The number of benzene rings is 1. The van der Waals surface area contributed by atoms with Crippen LogP contribution in [0.1, 0.15) is 0 Å². The van der Waals surface area contributed by atoms with Gasteiger partial charge in [-0.15, -0.1) is 0 Å². The first-order chi connectivity index (χ1) is 6.59. The zero-order valence-electron chi connectivity index (χ0n) is 7.58. The molecule has 2 rings (SSSR count). The van der Waals surface area contributed by atoms with Gasteiger partial charge >= 0.3 is 0 Å². The predicted molar refractivity (Wildman–Crippen MR) is 54.8 cm³/mol. The van der Waals surface area contributed by atoms with Crippen LogP contribution in [0.2, 0.25) is 5.02 Å². The minimum absolute atomic E-state index is 0.0210. The van der Waals surface area contributed by atoms with E-state index < -0.39 is 0 Å². The normalized spacial score (nSPS) is 15.0. The van der Waals surface area contributed by atoms with Gasteiger partial charge in [0.2, 0.25) is 0 Å². The SMILES string of the molecule is CN1C(=O)COc2c(Cl)cc(N)cc21. The fraction of sp³-hybridized carbons (Fsp3) is 0.222. The van der Waals surface area contributed by atoms with E-state index in [1.165, 1.54) is 4.90 Å². The van der Waals surface area contributed by atoms with Gasteiger partial charge in [0.15, 0.2) is 12.4 Å². The second-order valence-electron chi connectivity index (χ2n) is 3.09. The number of amides is 1. The second-order valence-corrected chi connectivity index (χ2v) is 3.50. The standard InChI is InChI=1S/C9H9ClN2O2/c1-12-7-3-5(11)2-6(10)9(7)14-4-8(12)13/h2-3H,4,11H2,1H3. The summed E-state index contributed by atoms with van der Waals surface area (Å²) >= 11 is 5.92. The summed E-state index contributed by atoms with van der Waals surface area (Å²) in [6.07, 6.45) is 0. The first-order valence-corrected chi connectivity index (χ1v) is 4.46. The van der Waals surface area contributed by atoms with Gasteiger partial charge in [-0.3, -0.25) is 4.79 Å². The summed E-state index contributed by atoms with van der Waals surface area (Å²) in [6.45, 7) is 0.0210. The number of nitrogens with zero attached hydrogens (tertiary/aromatic N) is 1. The zero-order chi connectivity index (χ0) is 10.3. The van der Waals surface area contributed by atoms with E-state index in [0.29, 0.717) is 22.1 Å². The van der Waals surface area contributed by atoms with E-state index in [1.54, 1.807) is 19.2 Å².